The van der Waals surface area contributed by atoms with Gasteiger partial charge in [0.1, 0.15) is 12.4 Å². The van der Waals surface area contributed by atoms with Gasteiger partial charge in [-0.25, -0.2) is 0 Å². The van der Waals surface area contributed by atoms with E-state index in [4.69, 9.17) is 9.47 Å². The van der Waals surface area contributed by atoms with Gasteiger partial charge in [-0.1, -0.05) is 6.07 Å². The number of nitrogens with zero attached hydrogens (tertiary/aromatic N) is 2. The Balaban J connectivity index is 1.54. The molecular formula is C19H28N2O4. The van der Waals surface area contributed by atoms with Crippen molar-refractivity contribution in [2.45, 2.75) is 31.4 Å². The molecule has 138 valence electrons. The van der Waals surface area contributed by atoms with Gasteiger partial charge < -0.3 is 19.5 Å². The molecule has 0 radical (unpaired) electrons. The minimum atomic E-state index is -0.205. The predicted octanol–water partition coefficient (Wildman–Crippen LogP) is 1.38. The summed E-state index contributed by atoms with van der Waals surface area (Å²) in [7, 11) is 1.63. The first-order valence-corrected chi connectivity index (χ1v) is 9.12. The number of hydrogen-bond acceptors (Lipinski definition) is 5. The minimum absolute atomic E-state index is 0.0452. The van der Waals surface area contributed by atoms with Crippen molar-refractivity contribution in [1.29, 1.82) is 0 Å². The average Bonchev–Trinajstić information content (AvgIpc) is 3.08. The number of hydrogen-bond donors (Lipinski definition) is 1. The lowest BCUT2D eigenvalue weighted by Crippen LogP contribution is -2.53. The van der Waals surface area contributed by atoms with Crippen LogP contribution >= 0.6 is 0 Å². The van der Waals surface area contributed by atoms with Gasteiger partial charge in [0.05, 0.1) is 12.7 Å². The molecule has 1 saturated heterocycles. The van der Waals surface area contributed by atoms with Gasteiger partial charge in [0.25, 0.3) is 5.91 Å². The molecule has 1 aliphatic heterocycles. The number of benzene rings is 1. The number of carbonyl (C=O) groups excluding carboxylic acids is 1. The van der Waals surface area contributed by atoms with E-state index in [0.717, 1.165) is 32.4 Å². The van der Waals surface area contributed by atoms with Gasteiger partial charge in [0, 0.05) is 44.9 Å². The molecular weight excluding hydrogens is 320 g/mol. The molecule has 2 aliphatic rings. The normalized spacial score (nSPS) is 24.5. The molecule has 25 heavy (non-hydrogen) atoms. The molecule has 2 unspecified atom stereocenters. The van der Waals surface area contributed by atoms with Gasteiger partial charge in [-0.2, -0.15) is 0 Å². The molecule has 1 saturated carbocycles. The Bertz CT molecular complexity index is 572. The van der Waals surface area contributed by atoms with E-state index >= 15 is 0 Å². The van der Waals surface area contributed by atoms with Crippen LogP contribution in [0.1, 0.15) is 29.6 Å². The SMILES string of the molecule is COCCOc1cccc(C(=O)N2CCN(C3CCCC3O)CC2)c1. The molecule has 3 rings (SSSR count). The molecule has 1 aromatic carbocycles. The first-order valence-electron chi connectivity index (χ1n) is 9.12. The molecule has 1 aromatic rings. The van der Waals surface area contributed by atoms with Gasteiger partial charge in [-0.05, 0) is 37.5 Å². The van der Waals surface area contributed by atoms with Crippen molar-refractivity contribution in [3.63, 3.8) is 0 Å². The number of piperazine rings is 1. The van der Waals surface area contributed by atoms with Crippen LogP contribution in [0.4, 0.5) is 0 Å². The Morgan fingerprint density at radius 2 is 2.00 bits per heavy atom. The summed E-state index contributed by atoms with van der Waals surface area (Å²) in [5.74, 6) is 0.736. The van der Waals surface area contributed by atoms with E-state index in [1.807, 2.05) is 23.1 Å². The largest absolute Gasteiger partial charge is 0.491 e. The van der Waals surface area contributed by atoms with Crippen LogP contribution in [0, 0.1) is 0 Å². The van der Waals surface area contributed by atoms with Crippen molar-refractivity contribution in [1.82, 2.24) is 9.80 Å². The fraction of sp³-hybridized carbons (Fsp3) is 0.632. The molecule has 1 heterocycles. The number of carbonyl (C=O) groups is 1. The monoisotopic (exact) mass is 348 g/mol. The zero-order valence-electron chi connectivity index (χ0n) is 14.9. The van der Waals surface area contributed by atoms with E-state index in [9.17, 15) is 9.90 Å². The van der Waals surface area contributed by atoms with Crippen molar-refractivity contribution in [2.24, 2.45) is 0 Å². The van der Waals surface area contributed by atoms with E-state index in [1.54, 1.807) is 13.2 Å². The molecule has 2 atom stereocenters. The fourth-order valence-electron chi connectivity index (χ4n) is 3.75. The Labute approximate surface area is 149 Å². The Kier molecular flexibility index (Phi) is 6.29. The van der Waals surface area contributed by atoms with Crippen molar-refractivity contribution < 1.29 is 19.4 Å². The summed E-state index contributed by atoms with van der Waals surface area (Å²) in [6.45, 7) is 4.06. The number of methoxy groups -OCH3 is 1. The molecule has 1 amide bonds. The summed E-state index contributed by atoms with van der Waals surface area (Å²) < 4.78 is 10.6. The van der Waals surface area contributed by atoms with Gasteiger partial charge in [-0.15, -0.1) is 0 Å². The number of aliphatic hydroxyl groups excluding tert-OH is 1. The summed E-state index contributed by atoms with van der Waals surface area (Å²) in [4.78, 5) is 17.0. The maximum absolute atomic E-state index is 12.8. The van der Waals surface area contributed by atoms with E-state index in [1.165, 1.54) is 0 Å². The predicted molar refractivity (Wildman–Crippen MR) is 94.9 cm³/mol. The highest BCUT2D eigenvalue weighted by Gasteiger charge is 2.33. The van der Waals surface area contributed by atoms with Crippen LogP contribution in [0.5, 0.6) is 5.75 Å². The highest BCUT2D eigenvalue weighted by atomic mass is 16.5. The van der Waals surface area contributed by atoms with Crippen molar-refractivity contribution in [3.8, 4) is 5.75 Å². The molecule has 1 aliphatic carbocycles. The Hall–Kier alpha value is -1.63. The molecule has 0 bridgehead atoms. The molecule has 6 nitrogen and oxygen atoms in total. The second kappa shape index (κ2) is 8.65. The number of amides is 1. The maximum atomic E-state index is 12.8. The van der Waals surface area contributed by atoms with Gasteiger partial charge in [0.2, 0.25) is 0 Å². The molecule has 0 aromatic heterocycles. The van der Waals surface area contributed by atoms with E-state index in [2.05, 4.69) is 4.90 Å². The second-order valence-electron chi connectivity index (χ2n) is 6.76. The highest BCUT2D eigenvalue weighted by Crippen LogP contribution is 2.25. The Morgan fingerprint density at radius 1 is 1.20 bits per heavy atom. The summed E-state index contributed by atoms with van der Waals surface area (Å²) in [6.07, 6.45) is 2.86. The summed E-state index contributed by atoms with van der Waals surface area (Å²) in [5.41, 5.74) is 0.657. The average molecular weight is 348 g/mol. The maximum Gasteiger partial charge on any atom is 0.254 e. The van der Waals surface area contributed by atoms with Crippen LogP contribution in [0.2, 0.25) is 0 Å². The number of ether oxygens (including phenoxy) is 2. The summed E-state index contributed by atoms with van der Waals surface area (Å²) >= 11 is 0. The fourth-order valence-corrected chi connectivity index (χ4v) is 3.75. The van der Waals surface area contributed by atoms with E-state index in [0.29, 0.717) is 37.6 Å². The third-order valence-electron chi connectivity index (χ3n) is 5.15. The Morgan fingerprint density at radius 3 is 2.68 bits per heavy atom. The van der Waals surface area contributed by atoms with Crippen LogP contribution < -0.4 is 4.74 Å². The standard InChI is InChI=1S/C19H28N2O4/c1-24-12-13-25-16-5-2-4-15(14-16)19(23)21-10-8-20(9-11-21)17-6-3-7-18(17)22/h2,4-5,14,17-18,22H,3,6-13H2,1H3. The first kappa shape index (κ1) is 18.2. The number of rotatable bonds is 6. The quantitative estimate of drug-likeness (QED) is 0.787. The smallest absolute Gasteiger partial charge is 0.254 e. The molecule has 1 N–H and O–H groups in total. The first-order chi connectivity index (χ1) is 12.2. The zero-order chi connectivity index (χ0) is 17.6. The third kappa shape index (κ3) is 4.51. The van der Waals surface area contributed by atoms with E-state index in [-0.39, 0.29) is 18.1 Å². The van der Waals surface area contributed by atoms with Crippen LogP contribution in [-0.2, 0) is 4.74 Å². The highest BCUT2D eigenvalue weighted by molar-refractivity contribution is 5.94. The summed E-state index contributed by atoms with van der Waals surface area (Å²) in [5, 5.41) is 10.1. The third-order valence-corrected chi connectivity index (χ3v) is 5.15. The van der Waals surface area contributed by atoms with Crippen molar-refractivity contribution >= 4 is 5.91 Å². The van der Waals surface area contributed by atoms with Gasteiger partial charge in [-0.3, -0.25) is 9.69 Å². The molecule has 2 fully saturated rings. The molecule has 0 spiro atoms. The topological polar surface area (TPSA) is 62.2 Å². The van der Waals surface area contributed by atoms with Crippen LogP contribution in [0.25, 0.3) is 0 Å². The van der Waals surface area contributed by atoms with Crippen LogP contribution in [0.15, 0.2) is 24.3 Å². The van der Waals surface area contributed by atoms with E-state index < -0.39 is 0 Å². The lowest BCUT2D eigenvalue weighted by atomic mass is 10.1. The second-order valence-corrected chi connectivity index (χ2v) is 6.76. The van der Waals surface area contributed by atoms with Gasteiger partial charge >= 0.3 is 0 Å². The van der Waals surface area contributed by atoms with Crippen LogP contribution in [-0.4, -0.2) is 79.5 Å². The zero-order valence-corrected chi connectivity index (χ0v) is 14.9. The lowest BCUT2D eigenvalue weighted by molar-refractivity contribution is 0.0315. The van der Waals surface area contributed by atoms with Crippen molar-refractivity contribution in [3.05, 3.63) is 29.8 Å². The number of aliphatic hydroxyl groups is 1. The van der Waals surface area contributed by atoms with Gasteiger partial charge in [0.15, 0.2) is 0 Å². The summed E-state index contributed by atoms with van der Waals surface area (Å²) in [6, 6.07) is 7.60. The molecule has 6 heteroatoms. The minimum Gasteiger partial charge on any atom is -0.491 e. The van der Waals surface area contributed by atoms with Crippen molar-refractivity contribution in [2.75, 3.05) is 46.5 Å². The lowest BCUT2D eigenvalue weighted by Gasteiger charge is -2.39. The van der Waals surface area contributed by atoms with Crippen LogP contribution in [0.3, 0.4) is 0 Å².